The molecule has 0 saturated heterocycles. The summed E-state index contributed by atoms with van der Waals surface area (Å²) in [5, 5.41) is 4.50. The highest BCUT2D eigenvalue weighted by Crippen LogP contribution is 2.29. The molecule has 0 spiro atoms. The lowest BCUT2D eigenvalue weighted by atomic mass is 10.2. The van der Waals surface area contributed by atoms with Crippen molar-refractivity contribution in [2.24, 2.45) is 5.10 Å². The van der Waals surface area contributed by atoms with Crippen LogP contribution in [0.1, 0.15) is 41.8 Å². The summed E-state index contributed by atoms with van der Waals surface area (Å²) in [6.45, 7) is 5.38. The quantitative estimate of drug-likeness (QED) is 0.283. The number of carbonyl (C=O) groups is 1. The molecule has 0 aliphatic heterocycles. The summed E-state index contributed by atoms with van der Waals surface area (Å²) >= 11 is 6.33. The SMILES string of the molecule is CCCOc1ccc(C(=O)N/N=C/c2ccc(OCc3ccccc3)c(Cl)c2)cc1OCC. The van der Waals surface area contributed by atoms with Crippen molar-refractivity contribution in [2.75, 3.05) is 13.2 Å². The number of nitrogens with zero attached hydrogens (tertiary/aromatic N) is 1. The largest absolute Gasteiger partial charge is 0.490 e. The first kappa shape index (κ1) is 24.1. The van der Waals surface area contributed by atoms with Gasteiger partial charge < -0.3 is 14.2 Å². The topological polar surface area (TPSA) is 69.2 Å². The normalized spacial score (nSPS) is 10.8. The van der Waals surface area contributed by atoms with Crippen LogP contribution in [0, 0.1) is 0 Å². The molecule has 0 aliphatic carbocycles. The van der Waals surface area contributed by atoms with E-state index in [1.807, 2.05) is 50.2 Å². The van der Waals surface area contributed by atoms with Crippen molar-refractivity contribution in [3.8, 4) is 17.2 Å². The molecule has 0 saturated carbocycles. The maximum Gasteiger partial charge on any atom is 0.271 e. The second kappa shape index (κ2) is 12.5. The van der Waals surface area contributed by atoms with E-state index in [0.29, 0.717) is 47.7 Å². The Hall–Kier alpha value is -3.51. The van der Waals surface area contributed by atoms with Gasteiger partial charge in [0.2, 0.25) is 0 Å². The van der Waals surface area contributed by atoms with E-state index in [0.717, 1.165) is 17.5 Å². The predicted octanol–water partition coefficient (Wildman–Crippen LogP) is 5.87. The Balaban J connectivity index is 1.59. The number of benzene rings is 3. The number of amides is 1. The molecule has 0 heterocycles. The lowest BCUT2D eigenvalue weighted by molar-refractivity contribution is 0.0954. The fourth-order valence-corrected chi connectivity index (χ4v) is 3.17. The molecule has 3 rings (SSSR count). The maximum atomic E-state index is 12.5. The number of hydrogen-bond donors (Lipinski definition) is 1. The molecule has 3 aromatic carbocycles. The highest BCUT2D eigenvalue weighted by Gasteiger charge is 2.11. The molecule has 6 nitrogen and oxygen atoms in total. The standard InChI is InChI=1S/C26H27ClN2O4/c1-3-14-32-24-13-11-21(16-25(24)31-4-2)26(30)29-28-17-20-10-12-23(22(27)15-20)33-18-19-8-6-5-7-9-19/h5-13,15-17H,3-4,14,18H2,1-2H3,(H,29,30)/b28-17+. The van der Waals surface area contributed by atoms with Gasteiger partial charge in [-0.2, -0.15) is 5.10 Å². The molecular weight excluding hydrogens is 440 g/mol. The number of nitrogens with one attached hydrogen (secondary N) is 1. The minimum Gasteiger partial charge on any atom is -0.490 e. The summed E-state index contributed by atoms with van der Waals surface area (Å²) in [4.78, 5) is 12.5. The molecule has 0 aliphatic rings. The predicted molar refractivity (Wildman–Crippen MR) is 131 cm³/mol. The van der Waals surface area contributed by atoms with Gasteiger partial charge in [0.25, 0.3) is 5.91 Å². The zero-order valence-electron chi connectivity index (χ0n) is 18.7. The minimum atomic E-state index is -0.358. The monoisotopic (exact) mass is 466 g/mol. The first-order chi connectivity index (χ1) is 16.1. The van der Waals surface area contributed by atoms with Gasteiger partial charge in [-0.15, -0.1) is 0 Å². The van der Waals surface area contributed by atoms with Crippen LogP contribution < -0.4 is 19.6 Å². The van der Waals surface area contributed by atoms with E-state index in [1.54, 1.807) is 30.3 Å². The Morgan fingerprint density at radius 3 is 2.45 bits per heavy atom. The fourth-order valence-electron chi connectivity index (χ4n) is 2.93. The van der Waals surface area contributed by atoms with Crippen LogP contribution in [0.4, 0.5) is 0 Å². The first-order valence-electron chi connectivity index (χ1n) is 10.8. The van der Waals surface area contributed by atoms with Gasteiger partial charge >= 0.3 is 0 Å². The molecule has 1 amide bonds. The minimum absolute atomic E-state index is 0.358. The second-order valence-electron chi connectivity index (χ2n) is 7.11. The average molecular weight is 467 g/mol. The molecule has 0 unspecified atom stereocenters. The molecule has 3 aromatic rings. The Morgan fingerprint density at radius 1 is 0.939 bits per heavy atom. The molecule has 0 fully saturated rings. The van der Waals surface area contributed by atoms with Crippen molar-refractivity contribution in [1.29, 1.82) is 0 Å². The van der Waals surface area contributed by atoms with Crippen molar-refractivity contribution in [3.63, 3.8) is 0 Å². The van der Waals surface area contributed by atoms with Gasteiger partial charge in [-0.1, -0.05) is 48.9 Å². The lowest BCUT2D eigenvalue weighted by Gasteiger charge is -2.12. The van der Waals surface area contributed by atoms with Crippen LogP contribution in [0.5, 0.6) is 17.2 Å². The van der Waals surface area contributed by atoms with Crippen LogP contribution >= 0.6 is 11.6 Å². The second-order valence-corrected chi connectivity index (χ2v) is 7.51. The van der Waals surface area contributed by atoms with Gasteiger partial charge in [0.1, 0.15) is 12.4 Å². The highest BCUT2D eigenvalue weighted by molar-refractivity contribution is 6.32. The lowest BCUT2D eigenvalue weighted by Crippen LogP contribution is -2.17. The van der Waals surface area contributed by atoms with Crippen molar-refractivity contribution in [3.05, 3.63) is 88.4 Å². The van der Waals surface area contributed by atoms with E-state index < -0.39 is 0 Å². The zero-order chi connectivity index (χ0) is 23.5. The van der Waals surface area contributed by atoms with Crippen molar-refractivity contribution < 1.29 is 19.0 Å². The third kappa shape index (κ3) is 7.26. The Morgan fingerprint density at radius 2 is 1.73 bits per heavy atom. The number of carbonyl (C=O) groups excluding carboxylic acids is 1. The number of rotatable bonds is 11. The van der Waals surface area contributed by atoms with E-state index in [-0.39, 0.29) is 5.91 Å². The van der Waals surface area contributed by atoms with Crippen LogP contribution in [0.2, 0.25) is 5.02 Å². The highest BCUT2D eigenvalue weighted by atomic mass is 35.5. The van der Waals surface area contributed by atoms with Gasteiger partial charge in [0, 0.05) is 5.56 Å². The molecule has 1 N–H and O–H groups in total. The Kier molecular flexibility index (Phi) is 9.15. The van der Waals surface area contributed by atoms with Gasteiger partial charge in [-0.3, -0.25) is 4.79 Å². The molecule has 33 heavy (non-hydrogen) atoms. The average Bonchev–Trinajstić information content (AvgIpc) is 2.83. The molecule has 0 aromatic heterocycles. The van der Waals surface area contributed by atoms with Gasteiger partial charge in [-0.05, 0) is 60.9 Å². The van der Waals surface area contributed by atoms with Crippen LogP contribution in [-0.4, -0.2) is 25.3 Å². The van der Waals surface area contributed by atoms with E-state index >= 15 is 0 Å². The molecule has 0 radical (unpaired) electrons. The van der Waals surface area contributed by atoms with Crippen LogP contribution in [0.25, 0.3) is 0 Å². The number of hydrogen-bond acceptors (Lipinski definition) is 5. The van der Waals surface area contributed by atoms with E-state index in [4.69, 9.17) is 25.8 Å². The Bertz CT molecular complexity index is 1090. The fraction of sp³-hybridized carbons (Fsp3) is 0.231. The molecule has 7 heteroatoms. The summed E-state index contributed by atoms with van der Waals surface area (Å²) in [5.41, 5.74) is 4.72. The van der Waals surface area contributed by atoms with Crippen molar-refractivity contribution in [2.45, 2.75) is 26.9 Å². The summed E-state index contributed by atoms with van der Waals surface area (Å²) in [6, 6.07) is 20.2. The van der Waals surface area contributed by atoms with Gasteiger partial charge in [0.05, 0.1) is 24.5 Å². The van der Waals surface area contributed by atoms with E-state index in [2.05, 4.69) is 10.5 Å². The smallest absolute Gasteiger partial charge is 0.271 e. The summed E-state index contributed by atoms with van der Waals surface area (Å²) < 4.78 is 17.0. The summed E-state index contributed by atoms with van der Waals surface area (Å²) in [5.74, 6) is 1.36. The Labute approximate surface area is 199 Å². The molecular formula is C26H27ClN2O4. The third-order valence-electron chi connectivity index (χ3n) is 4.54. The maximum absolute atomic E-state index is 12.5. The van der Waals surface area contributed by atoms with Crippen molar-refractivity contribution in [1.82, 2.24) is 5.43 Å². The number of halogens is 1. The van der Waals surface area contributed by atoms with Crippen LogP contribution in [0.15, 0.2) is 71.8 Å². The summed E-state index contributed by atoms with van der Waals surface area (Å²) in [6.07, 6.45) is 2.40. The third-order valence-corrected chi connectivity index (χ3v) is 4.84. The van der Waals surface area contributed by atoms with Crippen LogP contribution in [-0.2, 0) is 6.61 Å². The zero-order valence-corrected chi connectivity index (χ0v) is 19.5. The molecule has 172 valence electrons. The van der Waals surface area contributed by atoms with Crippen molar-refractivity contribution >= 4 is 23.7 Å². The van der Waals surface area contributed by atoms with Crippen LogP contribution in [0.3, 0.4) is 0 Å². The molecule has 0 bridgehead atoms. The van der Waals surface area contributed by atoms with E-state index in [1.165, 1.54) is 6.21 Å². The first-order valence-corrected chi connectivity index (χ1v) is 11.2. The molecule has 0 atom stereocenters. The van der Waals surface area contributed by atoms with Gasteiger partial charge in [-0.25, -0.2) is 5.43 Å². The number of ether oxygens (including phenoxy) is 3. The summed E-state index contributed by atoms with van der Waals surface area (Å²) in [7, 11) is 0. The number of hydrazone groups is 1. The van der Waals surface area contributed by atoms with Gasteiger partial charge in [0.15, 0.2) is 11.5 Å². The van der Waals surface area contributed by atoms with E-state index in [9.17, 15) is 4.79 Å².